The van der Waals surface area contributed by atoms with E-state index in [9.17, 15) is 34.2 Å². The molecule has 4 aliphatic rings. The zero-order valence-electron chi connectivity index (χ0n) is 27.6. The second kappa shape index (κ2) is 11.4. The number of phenolic OH excluding ortho intramolecular Hbond substituents is 1. The molecule has 3 fully saturated rings. The molecule has 0 saturated heterocycles. The van der Waals surface area contributed by atoms with Gasteiger partial charge in [-0.2, -0.15) is 0 Å². The van der Waals surface area contributed by atoms with Crippen LogP contribution in [0.5, 0.6) is 5.75 Å². The first kappa shape index (κ1) is 32.5. The van der Waals surface area contributed by atoms with E-state index in [1.807, 2.05) is 25.1 Å². The highest BCUT2D eigenvalue weighted by Crippen LogP contribution is 2.63. The van der Waals surface area contributed by atoms with E-state index in [4.69, 9.17) is 0 Å². The minimum Gasteiger partial charge on any atom is -0.507 e. The van der Waals surface area contributed by atoms with Crippen molar-refractivity contribution in [2.24, 2.45) is 46.3 Å². The maximum Gasteiger partial charge on any atom is 0.190 e. The lowest BCUT2D eigenvalue weighted by molar-refractivity contribution is -0.205. The molecule has 0 bridgehead atoms. The molecule has 4 aliphatic carbocycles. The van der Waals surface area contributed by atoms with Crippen LogP contribution in [0.25, 0.3) is 0 Å². The molecule has 6 atom stereocenters. The number of carbonyl (C=O) groups excluding carboxylic acids is 5. The van der Waals surface area contributed by atoms with Crippen LogP contribution in [0.1, 0.15) is 93.8 Å². The molecule has 2 aromatic carbocycles. The number of benzene rings is 2. The Morgan fingerprint density at radius 3 is 2.09 bits per heavy atom. The molecule has 7 nitrogen and oxygen atoms in total. The Bertz CT molecular complexity index is 1620. The molecular formula is C39H46O7. The molecule has 0 radical (unpaired) electrons. The van der Waals surface area contributed by atoms with Gasteiger partial charge in [0.2, 0.25) is 0 Å². The van der Waals surface area contributed by atoms with Crippen molar-refractivity contribution >= 4 is 28.9 Å². The van der Waals surface area contributed by atoms with Crippen molar-refractivity contribution in [3.63, 3.8) is 0 Å². The van der Waals surface area contributed by atoms with Crippen LogP contribution in [0.2, 0.25) is 0 Å². The third kappa shape index (κ3) is 4.75. The normalized spacial score (nSPS) is 35.8. The maximum atomic E-state index is 14.5. The Labute approximate surface area is 271 Å². The first-order chi connectivity index (χ1) is 21.6. The molecule has 3 unspecified atom stereocenters. The summed E-state index contributed by atoms with van der Waals surface area (Å²) in [6.07, 6.45) is 6.30. The fourth-order valence-electron chi connectivity index (χ4n) is 10.2. The van der Waals surface area contributed by atoms with Crippen molar-refractivity contribution < 1.29 is 34.2 Å². The summed E-state index contributed by atoms with van der Waals surface area (Å²) in [6, 6.07) is 14.3. The summed E-state index contributed by atoms with van der Waals surface area (Å²) >= 11 is 0. The first-order valence-corrected chi connectivity index (χ1v) is 16.9. The average molecular weight is 627 g/mol. The lowest BCUT2D eigenvalue weighted by atomic mass is 9.40. The summed E-state index contributed by atoms with van der Waals surface area (Å²) in [7, 11) is 0. The van der Waals surface area contributed by atoms with E-state index in [2.05, 4.69) is 24.3 Å². The number of phenols is 1. The smallest absolute Gasteiger partial charge is 0.190 e. The lowest BCUT2D eigenvalue weighted by Gasteiger charge is -2.61. The molecule has 7 heteroatoms. The van der Waals surface area contributed by atoms with E-state index in [-0.39, 0.29) is 30.1 Å². The fraction of sp³-hybridized carbons (Fsp3) is 0.564. The number of aliphatic hydroxyl groups is 1. The molecule has 244 valence electrons. The van der Waals surface area contributed by atoms with Crippen LogP contribution in [0.15, 0.2) is 42.5 Å². The number of aromatic hydroxyl groups is 1. The van der Waals surface area contributed by atoms with Crippen molar-refractivity contribution in [3.8, 4) is 5.75 Å². The third-order valence-corrected chi connectivity index (χ3v) is 12.2. The van der Waals surface area contributed by atoms with Crippen molar-refractivity contribution in [2.75, 3.05) is 0 Å². The standard InChI is InChI=1S/C39H46O7/c1-21(2)30-33(42)28(22(3)40)35(44)39(46)36(45)31-34(43)29-27(19-37(31,4)20-38(30,39)5)16-15-26(32(29)41)18-25-13-11-24(12-14-25)17-23-9-7-6-8-10-23/h6-10,15-16,21,24-25,28,30-31,41,46H,11-14,17-20H2,1-5H3/t24?,25?,28?,30?,31?,37-,38-,39+/m1/s1. The monoisotopic (exact) mass is 626 g/mol. The SMILES string of the molecule is CC(=O)C1C(=O)C(C(C)C)[C@@]2(C)C[C@@]3(C)Cc4ccc(CC5CCC(Cc6ccccc6)CC5)c(O)c4C(=O)C3C(=O)[C@@]2(O)C1=O. The number of hydrogen-bond donors (Lipinski definition) is 2. The van der Waals surface area contributed by atoms with Crippen LogP contribution in [0.4, 0.5) is 0 Å². The molecule has 0 aliphatic heterocycles. The van der Waals surface area contributed by atoms with Gasteiger partial charge < -0.3 is 10.2 Å². The minimum absolute atomic E-state index is 0.0672. The van der Waals surface area contributed by atoms with Gasteiger partial charge in [-0.1, -0.05) is 70.2 Å². The number of fused-ring (bicyclic) bond motifs is 3. The van der Waals surface area contributed by atoms with Gasteiger partial charge in [0.1, 0.15) is 17.5 Å². The number of rotatable bonds is 6. The Balaban J connectivity index is 1.29. The van der Waals surface area contributed by atoms with Gasteiger partial charge in [-0.25, -0.2) is 0 Å². The van der Waals surface area contributed by atoms with Gasteiger partial charge in [0.05, 0.1) is 11.5 Å². The topological polar surface area (TPSA) is 126 Å². The fourth-order valence-corrected chi connectivity index (χ4v) is 10.2. The Kier molecular flexibility index (Phi) is 8.02. The molecule has 2 N–H and O–H groups in total. The van der Waals surface area contributed by atoms with Gasteiger partial charge in [0.15, 0.2) is 28.7 Å². The Morgan fingerprint density at radius 2 is 1.50 bits per heavy atom. The summed E-state index contributed by atoms with van der Waals surface area (Å²) in [5.41, 5.74) is -2.41. The number of Topliss-reactive ketones (excluding diaryl/α,β-unsaturated/α-hetero) is 5. The zero-order valence-corrected chi connectivity index (χ0v) is 27.6. The molecule has 0 spiro atoms. The van der Waals surface area contributed by atoms with Gasteiger partial charge in [-0.05, 0) is 98.1 Å². The predicted molar refractivity (Wildman–Crippen MR) is 172 cm³/mol. The molecule has 3 saturated carbocycles. The maximum absolute atomic E-state index is 14.5. The summed E-state index contributed by atoms with van der Waals surface area (Å²) in [5.74, 6) is -7.48. The second-order valence-electron chi connectivity index (χ2n) is 15.7. The first-order valence-electron chi connectivity index (χ1n) is 16.9. The molecule has 6 rings (SSSR count). The van der Waals surface area contributed by atoms with Gasteiger partial charge >= 0.3 is 0 Å². The van der Waals surface area contributed by atoms with Crippen molar-refractivity contribution in [1.82, 2.24) is 0 Å². The number of ketones is 5. The summed E-state index contributed by atoms with van der Waals surface area (Å²) in [5, 5.41) is 23.8. The number of carbonyl (C=O) groups is 5. The van der Waals surface area contributed by atoms with Crippen LogP contribution in [0, 0.1) is 46.3 Å². The largest absolute Gasteiger partial charge is 0.507 e. The molecule has 0 aromatic heterocycles. The molecule has 46 heavy (non-hydrogen) atoms. The van der Waals surface area contributed by atoms with Crippen molar-refractivity contribution in [1.29, 1.82) is 0 Å². The van der Waals surface area contributed by atoms with Crippen LogP contribution in [-0.4, -0.2) is 44.7 Å². The van der Waals surface area contributed by atoms with E-state index in [1.165, 1.54) is 5.56 Å². The summed E-state index contributed by atoms with van der Waals surface area (Å²) < 4.78 is 0. The molecule has 0 heterocycles. The van der Waals surface area contributed by atoms with Crippen LogP contribution in [-0.2, 0) is 38.4 Å². The van der Waals surface area contributed by atoms with Gasteiger partial charge in [0.25, 0.3) is 0 Å². The van der Waals surface area contributed by atoms with Gasteiger partial charge in [-0.3, -0.25) is 24.0 Å². The van der Waals surface area contributed by atoms with Crippen LogP contribution >= 0.6 is 0 Å². The van der Waals surface area contributed by atoms with E-state index in [1.54, 1.807) is 20.8 Å². The van der Waals surface area contributed by atoms with E-state index in [0.29, 0.717) is 29.4 Å². The summed E-state index contributed by atoms with van der Waals surface area (Å²) in [4.78, 5) is 68.9. The van der Waals surface area contributed by atoms with Gasteiger partial charge in [0, 0.05) is 11.3 Å². The molecule has 0 amide bonds. The third-order valence-electron chi connectivity index (χ3n) is 12.2. The van der Waals surface area contributed by atoms with E-state index >= 15 is 0 Å². The highest BCUT2D eigenvalue weighted by atomic mass is 16.3. The van der Waals surface area contributed by atoms with Crippen LogP contribution in [0.3, 0.4) is 0 Å². The lowest BCUT2D eigenvalue weighted by Crippen LogP contribution is -2.76. The number of hydrogen-bond acceptors (Lipinski definition) is 7. The second-order valence-corrected chi connectivity index (χ2v) is 15.7. The molecule has 2 aromatic rings. The summed E-state index contributed by atoms with van der Waals surface area (Å²) in [6.45, 7) is 8.11. The minimum atomic E-state index is -2.67. The average Bonchev–Trinajstić information content (AvgIpc) is 2.97. The quantitative estimate of drug-likeness (QED) is 0.395. The zero-order chi connectivity index (χ0) is 33.3. The predicted octanol–water partition coefficient (Wildman–Crippen LogP) is 5.68. The van der Waals surface area contributed by atoms with E-state index < -0.39 is 63.1 Å². The Hall–Kier alpha value is -3.45. The van der Waals surface area contributed by atoms with Crippen LogP contribution < -0.4 is 0 Å². The highest BCUT2D eigenvalue weighted by Gasteiger charge is 2.76. The van der Waals surface area contributed by atoms with Crippen molar-refractivity contribution in [3.05, 3.63) is 64.7 Å². The highest BCUT2D eigenvalue weighted by molar-refractivity contribution is 6.32. The molecular weight excluding hydrogens is 580 g/mol. The Morgan fingerprint density at radius 1 is 0.891 bits per heavy atom. The van der Waals surface area contributed by atoms with Crippen molar-refractivity contribution in [2.45, 2.75) is 91.6 Å². The van der Waals surface area contributed by atoms with E-state index in [0.717, 1.165) is 39.0 Å². The van der Waals surface area contributed by atoms with Gasteiger partial charge in [-0.15, -0.1) is 0 Å².